The zero-order chi connectivity index (χ0) is 17.7. The summed E-state index contributed by atoms with van der Waals surface area (Å²) < 4.78 is 32.3. The van der Waals surface area contributed by atoms with Gasteiger partial charge in [-0.15, -0.1) is 0 Å². The number of nitrogens with one attached hydrogen (secondary N) is 1. The monoisotopic (exact) mass is 351 g/mol. The Balaban J connectivity index is 2.01. The summed E-state index contributed by atoms with van der Waals surface area (Å²) in [6.45, 7) is 4.34. The average Bonchev–Trinajstić information content (AvgIpc) is 2.53. The maximum Gasteiger partial charge on any atom is 0.240 e. The third-order valence-electron chi connectivity index (χ3n) is 3.56. The molecule has 2 rings (SSSR count). The quantitative estimate of drug-likeness (QED) is 0.665. The van der Waals surface area contributed by atoms with Crippen molar-refractivity contribution in [3.63, 3.8) is 0 Å². The van der Waals surface area contributed by atoms with Gasteiger partial charge in [0.25, 0.3) is 0 Å². The Morgan fingerprint density at radius 2 is 1.71 bits per heavy atom. The first kappa shape index (κ1) is 18.1. The number of benzene rings is 2. The van der Waals surface area contributed by atoms with Crippen molar-refractivity contribution in [3.05, 3.63) is 47.5 Å². The zero-order valence-electron chi connectivity index (χ0n) is 13.6. The Morgan fingerprint density at radius 3 is 2.33 bits per heavy atom. The molecule has 0 amide bonds. The van der Waals surface area contributed by atoms with Crippen molar-refractivity contribution in [2.24, 2.45) is 0 Å². The lowest BCUT2D eigenvalue weighted by Crippen LogP contribution is -2.26. The van der Waals surface area contributed by atoms with E-state index in [1.54, 1.807) is 19.1 Å². The molecule has 3 N–H and O–H groups in total. The van der Waals surface area contributed by atoms with Crippen molar-refractivity contribution < 1.29 is 23.4 Å². The van der Waals surface area contributed by atoms with Crippen molar-refractivity contribution in [3.8, 4) is 17.2 Å². The van der Waals surface area contributed by atoms with Gasteiger partial charge in [0, 0.05) is 6.54 Å². The SMILES string of the molecule is CCOc1ccc(S(=O)(=O)NCCc2cc(O)c(O)cc2C)cc1. The summed E-state index contributed by atoms with van der Waals surface area (Å²) in [6, 6.07) is 9.10. The van der Waals surface area contributed by atoms with Crippen LogP contribution >= 0.6 is 0 Å². The molecule has 0 heterocycles. The molecule has 130 valence electrons. The minimum absolute atomic E-state index is 0.163. The van der Waals surface area contributed by atoms with Gasteiger partial charge in [0.05, 0.1) is 11.5 Å². The molecular weight excluding hydrogens is 330 g/mol. The Labute approximate surface area is 141 Å². The first-order valence-corrected chi connectivity index (χ1v) is 9.06. The molecule has 0 atom stereocenters. The van der Waals surface area contributed by atoms with Crippen LogP contribution in [0.3, 0.4) is 0 Å². The molecule has 0 unspecified atom stereocenters. The fourth-order valence-electron chi connectivity index (χ4n) is 2.28. The molecule has 0 saturated carbocycles. The van der Waals surface area contributed by atoms with Crippen LogP contribution in [0.25, 0.3) is 0 Å². The minimum Gasteiger partial charge on any atom is -0.504 e. The standard InChI is InChI=1S/C17H21NO5S/c1-3-23-14-4-6-15(7-5-14)24(21,22)18-9-8-13-11-17(20)16(19)10-12(13)2/h4-7,10-11,18-20H,3,8-9H2,1-2H3. The van der Waals surface area contributed by atoms with E-state index in [0.717, 1.165) is 11.1 Å². The molecule has 0 spiro atoms. The second-order valence-corrected chi connectivity index (χ2v) is 7.09. The van der Waals surface area contributed by atoms with Crippen LogP contribution in [0, 0.1) is 6.92 Å². The summed E-state index contributed by atoms with van der Waals surface area (Å²) in [5.74, 6) is 0.211. The molecule has 0 fully saturated rings. The third-order valence-corrected chi connectivity index (χ3v) is 5.04. The maximum atomic E-state index is 12.3. The van der Waals surface area contributed by atoms with E-state index < -0.39 is 10.0 Å². The summed E-state index contributed by atoms with van der Waals surface area (Å²) in [5.41, 5.74) is 1.55. The normalized spacial score (nSPS) is 11.4. The van der Waals surface area contributed by atoms with E-state index in [-0.39, 0.29) is 22.9 Å². The number of hydrogen-bond donors (Lipinski definition) is 3. The molecule has 0 aromatic heterocycles. The van der Waals surface area contributed by atoms with Crippen LogP contribution in [0.1, 0.15) is 18.1 Å². The Hall–Kier alpha value is -2.25. The highest BCUT2D eigenvalue weighted by molar-refractivity contribution is 7.89. The lowest BCUT2D eigenvalue weighted by molar-refractivity contribution is 0.340. The average molecular weight is 351 g/mol. The topological polar surface area (TPSA) is 95.9 Å². The van der Waals surface area contributed by atoms with Crippen LogP contribution in [-0.4, -0.2) is 31.8 Å². The molecule has 24 heavy (non-hydrogen) atoms. The summed E-state index contributed by atoms with van der Waals surface area (Å²) in [4.78, 5) is 0.163. The van der Waals surface area contributed by atoms with Crippen LogP contribution in [0.15, 0.2) is 41.3 Å². The zero-order valence-corrected chi connectivity index (χ0v) is 14.4. The van der Waals surface area contributed by atoms with Gasteiger partial charge in [-0.1, -0.05) is 0 Å². The minimum atomic E-state index is -3.61. The number of aromatic hydroxyl groups is 2. The van der Waals surface area contributed by atoms with Crippen LogP contribution in [0.4, 0.5) is 0 Å². The summed E-state index contributed by atoms with van der Waals surface area (Å²) >= 11 is 0. The number of phenols is 2. The highest BCUT2D eigenvalue weighted by Gasteiger charge is 2.14. The number of rotatable bonds is 7. The van der Waals surface area contributed by atoms with Gasteiger partial charge in [0.15, 0.2) is 11.5 Å². The number of sulfonamides is 1. The molecule has 0 radical (unpaired) electrons. The van der Waals surface area contributed by atoms with Crippen LogP contribution < -0.4 is 9.46 Å². The molecule has 0 saturated heterocycles. The van der Waals surface area contributed by atoms with E-state index in [9.17, 15) is 18.6 Å². The van der Waals surface area contributed by atoms with Crippen LogP contribution in [0.2, 0.25) is 0 Å². The van der Waals surface area contributed by atoms with Crippen molar-refractivity contribution in [2.45, 2.75) is 25.2 Å². The lowest BCUT2D eigenvalue weighted by Gasteiger charge is -2.10. The highest BCUT2D eigenvalue weighted by Crippen LogP contribution is 2.28. The number of ether oxygens (including phenoxy) is 1. The smallest absolute Gasteiger partial charge is 0.240 e. The van der Waals surface area contributed by atoms with Gasteiger partial charge in [-0.25, -0.2) is 13.1 Å². The van der Waals surface area contributed by atoms with Gasteiger partial charge in [-0.2, -0.15) is 0 Å². The van der Waals surface area contributed by atoms with Gasteiger partial charge in [0.1, 0.15) is 5.75 Å². The van der Waals surface area contributed by atoms with Gasteiger partial charge >= 0.3 is 0 Å². The lowest BCUT2D eigenvalue weighted by atomic mass is 10.1. The van der Waals surface area contributed by atoms with E-state index in [2.05, 4.69) is 4.72 Å². The van der Waals surface area contributed by atoms with Gasteiger partial charge in [-0.05, 0) is 67.8 Å². The van der Waals surface area contributed by atoms with Gasteiger partial charge in [-0.3, -0.25) is 0 Å². The maximum absolute atomic E-state index is 12.3. The van der Waals surface area contributed by atoms with Crippen LogP contribution in [-0.2, 0) is 16.4 Å². The van der Waals surface area contributed by atoms with Crippen molar-refractivity contribution in [2.75, 3.05) is 13.2 Å². The van der Waals surface area contributed by atoms with Crippen molar-refractivity contribution in [1.29, 1.82) is 0 Å². The first-order valence-electron chi connectivity index (χ1n) is 7.57. The van der Waals surface area contributed by atoms with Gasteiger partial charge in [0.2, 0.25) is 10.0 Å². The predicted octanol–water partition coefficient (Wildman–Crippen LogP) is 2.33. The van der Waals surface area contributed by atoms with E-state index in [4.69, 9.17) is 4.74 Å². The Kier molecular flexibility index (Phi) is 5.69. The number of hydrogen-bond acceptors (Lipinski definition) is 5. The molecule has 0 aliphatic heterocycles. The Bertz CT molecular complexity index is 800. The predicted molar refractivity (Wildman–Crippen MR) is 91.0 cm³/mol. The molecule has 6 nitrogen and oxygen atoms in total. The molecule has 2 aromatic carbocycles. The molecule has 7 heteroatoms. The van der Waals surface area contributed by atoms with Crippen molar-refractivity contribution >= 4 is 10.0 Å². The molecule has 0 aliphatic rings. The fraction of sp³-hybridized carbons (Fsp3) is 0.294. The second-order valence-electron chi connectivity index (χ2n) is 5.32. The fourth-order valence-corrected chi connectivity index (χ4v) is 3.31. The van der Waals surface area contributed by atoms with E-state index in [1.807, 2.05) is 6.92 Å². The van der Waals surface area contributed by atoms with E-state index in [0.29, 0.717) is 18.8 Å². The van der Waals surface area contributed by atoms with Gasteiger partial charge < -0.3 is 14.9 Å². The molecular formula is C17H21NO5S. The first-order chi connectivity index (χ1) is 11.3. The number of aryl methyl sites for hydroxylation is 1. The van der Waals surface area contributed by atoms with Crippen molar-refractivity contribution in [1.82, 2.24) is 4.72 Å². The second kappa shape index (κ2) is 7.55. The highest BCUT2D eigenvalue weighted by atomic mass is 32.2. The van der Waals surface area contributed by atoms with E-state index >= 15 is 0 Å². The summed E-state index contributed by atoms with van der Waals surface area (Å²) in [6.07, 6.45) is 0.399. The molecule has 2 aromatic rings. The molecule has 0 aliphatic carbocycles. The molecule has 0 bridgehead atoms. The summed E-state index contributed by atoms with van der Waals surface area (Å²) in [5, 5.41) is 18.9. The summed E-state index contributed by atoms with van der Waals surface area (Å²) in [7, 11) is -3.61. The number of phenolic OH excluding ortho intramolecular Hbond substituents is 2. The largest absolute Gasteiger partial charge is 0.504 e. The van der Waals surface area contributed by atoms with E-state index in [1.165, 1.54) is 24.3 Å². The van der Waals surface area contributed by atoms with Crippen LogP contribution in [0.5, 0.6) is 17.2 Å². The Morgan fingerprint density at radius 1 is 1.08 bits per heavy atom. The third kappa shape index (κ3) is 4.39.